The number of ether oxygens (including phenoxy) is 1. The lowest BCUT2D eigenvalue weighted by Crippen LogP contribution is -2.41. The van der Waals surface area contributed by atoms with Crippen LogP contribution in [0.4, 0.5) is 0 Å². The van der Waals surface area contributed by atoms with Gasteiger partial charge < -0.3 is 14.0 Å². The van der Waals surface area contributed by atoms with E-state index in [1.165, 1.54) is 7.11 Å². The maximum absolute atomic E-state index is 11.6. The zero-order chi connectivity index (χ0) is 19.1. The van der Waals surface area contributed by atoms with Crippen LogP contribution in [0.1, 0.15) is 43.6 Å². The molecule has 0 aromatic heterocycles. The Hall–Kier alpha value is -2.11. The van der Waals surface area contributed by atoms with E-state index in [0.717, 1.165) is 22.2 Å². The molecule has 0 spiro atoms. The van der Waals surface area contributed by atoms with Gasteiger partial charge in [0.05, 0.1) is 23.9 Å². The Kier molecular flexibility index (Phi) is 4.71. The summed E-state index contributed by atoms with van der Waals surface area (Å²) in [7, 11) is 1.02. The smallest absolute Gasteiger partial charge is 0.465 e. The van der Waals surface area contributed by atoms with Crippen molar-refractivity contribution in [2.24, 2.45) is 0 Å². The number of rotatable bonds is 3. The van der Waals surface area contributed by atoms with Crippen molar-refractivity contribution in [1.29, 1.82) is 0 Å². The van der Waals surface area contributed by atoms with E-state index in [-0.39, 0.29) is 24.3 Å². The van der Waals surface area contributed by atoms with Crippen LogP contribution in [0.2, 0.25) is 0 Å². The van der Waals surface area contributed by atoms with Crippen LogP contribution in [0.15, 0.2) is 42.5 Å². The highest BCUT2D eigenvalue weighted by molar-refractivity contribution is 6.62. The summed E-state index contributed by atoms with van der Waals surface area (Å²) in [6.07, 6.45) is 0. The van der Waals surface area contributed by atoms with Gasteiger partial charge in [-0.05, 0) is 63.3 Å². The standard InChI is InChI=1S/C21H25BO4/c1-14-13-17(15-7-9-16(10-8-15)19(23)24-6)11-12-18(14)22-25-20(2,3)21(4,5)26-22/h7-13H,1-6H3. The normalized spacial score (nSPS) is 18.0. The summed E-state index contributed by atoms with van der Waals surface area (Å²) in [5, 5.41) is 0. The van der Waals surface area contributed by atoms with Crippen molar-refractivity contribution in [2.75, 3.05) is 7.11 Å². The van der Waals surface area contributed by atoms with Crippen LogP contribution in [0.5, 0.6) is 0 Å². The molecule has 136 valence electrons. The molecule has 5 heteroatoms. The first kappa shape index (κ1) is 18.7. The Bertz CT molecular complexity index is 808. The lowest BCUT2D eigenvalue weighted by molar-refractivity contribution is 0.00578. The summed E-state index contributed by atoms with van der Waals surface area (Å²) < 4.78 is 17.1. The first-order valence-electron chi connectivity index (χ1n) is 8.79. The zero-order valence-electron chi connectivity index (χ0n) is 16.3. The van der Waals surface area contributed by atoms with Crippen molar-refractivity contribution in [3.05, 3.63) is 53.6 Å². The largest absolute Gasteiger partial charge is 0.495 e. The maximum Gasteiger partial charge on any atom is 0.495 e. The van der Waals surface area contributed by atoms with Crippen LogP contribution >= 0.6 is 0 Å². The Morgan fingerprint density at radius 3 is 1.96 bits per heavy atom. The molecule has 0 unspecified atom stereocenters. The lowest BCUT2D eigenvalue weighted by atomic mass is 9.75. The molecule has 2 aromatic carbocycles. The summed E-state index contributed by atoms with van der Waals surface area (Å²) in [4.78, 5) is 11.6. The quantitative estimate of drug-likeness (QED) is 0.624. The molecule has 3 rings (SSSR count). The van der Waals surface area contributed by atoms with E-state index in [9.17, 15) is 4.79 Å². The van der Waals surface area contributed by atoms with Gasteiger partial charge in [0.1, 0.15) is 0 Å². The molecule has 0 bridgehead atoms. The molecule has 0 radical (unpaired) electrons. The highest BCUT2D eigenvalue weighted by Crippen LogP contribution is 2.36. The molecule has 26 heavy (non-hydrogen) atoms. The average Bonchev–Trinajstić information content (AvgIpc) is 2.81. The fourth-order valence-electron chi connectivity index (χ4n) is 3.01. The molecule has 4 nitrogen and oxygen atoms in total. The van der Waals surface area contributed by atoms with E-state index in [2.05, 4.69) is 52.8 Å². The summed E-state index contributed by atoms with van der Waals surface area (Å²) in [6, 6.07) is 13.6. The predicted octanol–water partition coefficient (Wildman–Crippen LogP) is 3.75. The van der Waals surface area contributed by atoms with Crippen molar-refractivity contribution in [2.45, 2.75) is 45.8 Å². The molecule has 0 atom stereocenters. The molecule has 1 aliphatic rings. The van der Waals surface area contributed by atoms with Crippen LogP contribution in [0.25, 0.3) is 11.1 Å². The minimum Gasteiger partial charge on any atom is -0.465 e. The maximum atomic E-state index is 11.6. The molecule has 1 aliphatic heterocycles. The van der Waals surface area contributed by atoms with E-state index in [0.29, 0.717) is 5.56 Å². The second-order valence-corrected chi connectivity index (χ2v) is 7.73. The summed E-state index contributed by atoms with van der Waals surface area (Å²) in [5.74, 6) is -0.330. The molecule has 1 fully saturated rings. The molecule has 2 aromatic rings. The van der Waals surface area contributed by atoms with Crippen molar-refractivity contribution < 1.29 is 18.8 Å². The molecule has 1 saturated heterocycles. The summed E-state index contributed by atoms with van der Waals surface area (Å²) in [5.41, 5.74) is 4.11. The molecular weight excluding hydrogens is 327 g/mol. The van der Waals surface area contributed by atoms with Gasteiger partial charge in [-0.2, -0.15) is 0 Å². The zero-order valence-corrected chi connectivity index (χ0v) is 16.3. The third kappa shape index (κ3) is 3.29. The van der Waals surface area contributed by atoms with Crippen molar-refractivity contribution in [3.8, 4) is 11.1 Å². The summed E-state index contributed by atoms with van der Waals surface area (Å²) in [6.45, 7) is 10.3. The second kappa shape index (κ2) is 6.56. The minimum atomic E-state index is -0.365. The molecule has 0 amide bonds. The highest BCUT2D eigenvalue weighted by Gasteiger charge is 2.52. The fraction of sp³-hybridized carbons (Fsp3) is 0.381. The fourth-order valence-corrected chi connectivity index (χ4v) is 3.01. The van der Waals surface area contributed by atoms with E-state index in [1.54, 1.807) is 12.1 Å². The average molecular weight is 352 g/mol. The number of aryl methyl sites for hydroxylation is 1. The molecule has 1 heterocycles. The number of hydrogen-bond donors (Lipinski definition) is 0. The van der Waals surface area contributed by atoms with Crippen LogP contribution < -0.4 is 5.46 Å². The third-order valence-electron chi connectivity index (χ3n) is 5.42. The van der Waals surface area contributed by atoms with E-state index < -0.39 is 0 Å². The van der Waals surface area contributed by atoms with Crippen LogP contribution in [-0.2, 0) is 14.0 Å². The number of carbonyl (C=O) groups is 1. The number of hydrogen-bond acceptors (Lipinski definition) is 4. The molecular formula is C21H25BO4. The highest BCUT2D eigenvalue weighted by atomic mass is 16.7. The topological polar surface area (TPSA) is 44.8 Å². The van der Waals surface area contributed by atoms with Gasteiger partial charge in [0, 0.05) is 0 Å². The third-order valence-corrected chi connectivity index (χ3v) is 5.42. The van der Waals surface area contributed by atoms with Crippen LogP contribution in [-0.4, -0.2) is 31.4 Å². The van der Waals surface area contributed by atoms with Gasteiger partial charge in [-0.25, -0.2) is 4.79 Å². The SMILES string of the molecule is COC(=O)c1ccc(-c2ccc(B3OC(C)(C)C(C)(C)O3)c(C)c2)cc1. The summed E-state index contributed by atoms with van der Waals surface area (Å²) >= 11 is 0. The van der Waals surface area contributed by atoms with Gasteiger partial charge in [0.15, 0.2) is 0 Å². The van der Waals surface area contributed by atoms with Crippen LogP contribution in [0.3, 0.4) is 0 Å². The Morgan fingerprint density at radius 1 is 0.923 bits per heavy atom. The number of esters is 1. The predicted molar refractivity (Wildman–Crippen MR) is 104 cm³/mol. The van der Waals surface area contributed by atoms with E-state index >= 15 is 0 Å². The Morgan fingerprint density at radius 2 is 1.46 bits per heavy atom. The molecule has 0 aliphatic carbocycles. The van der Waals surface area contributed by atoms with E-state index in [4.69, 9.17) is 14.0 Å². The molecule has 0 N–H and O–H groups in total. The molecule has 0 saturated carbocycles. The monoisotopic (exact) mass is 352 g/mol. The number of benzene rings is 2. The first-order valence-corrected chi connectivity index (χ1v) is 8.79. The van der Waals surface area contributed by atoms with Gasteiger partial charge in [-0.1, -0.05) is 35.9 Å². The minimum absolute atomic E-state index is 0.330. The van der Waals surface area contributed by atoms with Crippen molar-refractivity contribution in [1.82, 2.24) is 0 Å². The number of methoxy groups -OCH3 is 1. The van der Waals surface area contributed by atoms with E-state index in [1.807, 2.05) is 12.1 Å². The number of carbonyl (C=O) groups excluding carboxylic acids is 1. The Balaban J connectivity index is 1.86. The second-order valence-electron chi connectivity index (χ2n) is 7.73. The lowest BCUT2D eigenvalue weighted by Gasteiger charge is -2.32. The van der Waals surface area contributed by atoms with Gasteiger partial charge in [0.2, 0.25) is 0 Å². The van der Waals surface area contributed by atoms with Crippen LogP contribution in [0, 0.1) is 6.92 Å². The van der Waals surface area contributed by atoms with Gasteiger partial charge in [-0.3, -0.25) is 0 Å². The first-order chi connectivity index (χ1) is 12.1. The van der Waals surface area contributed by atoms with Gasteiger partial charge in [-0.15, -0.1) is 0 Å². The Labute approximate surface area is 155 Å². The van der Waals surface area contributed by atoms with Gasteiger partial charge >= 0.3 is 13.1 Å². The van der Waals surface area contributed by atoms with Crippen molar-refractivity contribution >= 4 is 18.6 Å². The van der Waals surface area contributed by atoms with Gasteiger partial charge in [0.25, 0.3) is 0 Å². The van der Waals surface area contributed by atoms with Crippen molar-refractivity contribution in [3.63, 3.8) is 0 Å².